The molecule has 1 aliphatic rings. The first-order valence-corrected chi connectivity index (χ1v) is 5.85. The Hall–Kier alpha value is -1.06. The molecule has 1 fully saturated rings. The molecule has 0 aliphatic carbocycles. The van der Waals surface area contributed by atoms with Crippen LogP contribution in [0.5, 0.6) is 0 Å². The van der Waals surface area contributed by atoms with Crippen molar-refractivity contribution in [1.82, 2.24) is 4.90 Å². The number of piperazine rings is 1. The maximum Gasteiger partial charge on any atom is 0.0681 e. The van der Waals surface area contributed by atoms with E-state index in [1.807, 2.05) is 12.1 Å². The molecule has 1 aromatic rings. The van der Waals surface area contributed by atoms with E-state index >= 15 is 0 Å². The van der Waals surface area contributed by atoms with Crippen LogP contribution in [0.1, 0.15) is 12.5 Å². The predicted molar refractivity (Wildman–Crippen MR) is 66.7 cm³/mol. The molecule has 1 aromatic carbocycles. The minimum absolute atomic E-state index is 0.124. The molecule has 16 heavy (non-hydrogen) atoms. The summed E-state index contributed by atoms with van der Waals surface area (Å²) in [6.07, 6.45) is 0. The van der Waals surface area contributed by atoms with Crippen molar-refractivity contribution in [1.29, 1.82) is 0 Å². The van der Waals surface area contributed by atoms with Crippen LogP contribution in [0, 0.1) is 0 Å². The minimum atomic E-state index is 0.124. The molecule has 1 atom stereocenters. The van der Waals surface area contributed by atoms with Crippen LogP contribution in [0.25, 0.3) is 0 Å². The third-order valence-electron chi connectivity index (χ3n) is 3.44. The second-order valence-corrected chi connectivity index (χ2v) is 4.60. The van der Waals surface area contributed by atoms with E-state index in [1.54, 1.807) is 0 Å². The fourth-order valence-electron chi connectivity index (χ4n) is 2.10. The molecule has 3 nitrogen and oxygen atoms in total. The molecule has 0 saturated carbocycles. The molecule has 1 heterocycles. The topological polar surface area (TPSA) is 26.7 Å². The van der Waals surface area contributed by atoms with Crippen LogP contribution in [0.3, 0.4) is 0 Å². The van der Waals surface area contributed by atoms with Crippen LogP contribution in [-0.4, -0.2) is 42.7 Å². The highest BCUT2D eigenvalue weighted by molar-refractivity contribution is 5.48. The maximum atomic E-state index is 9.00. The number of hydrogen-bond acceptors (Lipinski definition) is 3. The summed E-state index contributed by atoms with van der Waals surface area (Å²) in [5, 5.41) is 9.00. The highest BCUT2D eigenvalue weighted by atomic mass is 16.3. The van der Waals surface area contributed by atoms with Crippen LogP contribution < -0.4 is 4.90 Å². The van der Waals surface area contributed by atoms with Crippen molar-refractivity contribution in [3.05, 3.63) is 29.8 Å². The molecular formula is C13H20N2O. The Bertz CT molecular complexity index is 336. The summed E-state index contributed by atoms with van der Waals surface area (Å²) in [7, 11) is 2.18. The van der Waals surface area contributed by atoms with Crippen LogP contribution in [0.2, 0.25) is 0 Å². The number of benzene rings is 1. The zero-order chi connectivity index (χ0) is 11.5. The molecule has 1 aliphatic heterocycles. The summed E-state index contributed by atoms with van der Waals surface area (Å²) < 4.78 is 0. The van der Waals surface area contributed by atoms with E-state index in [-0.39, 0.29) is 6.61 Å². The second kappa shape index (κ2) is 4.85. The van der Waals surface area contributed by atoms with Gasteiger partial charge in [-0.05, 0) is 31.7 Å². The number of rotatable bonds is 2. The highest BCUT2D eigenvalue weighted by Gasteiger charge is 2.20. The Kier molecular flexibility index (Phi) is 3.46. The molecule has 0 radical (unpaired) electrons. The summed E-state index contributed by atoms with van der Waals surface area (Å²) in [6.45, 7) is 5.66. The molecule has 0 aromatic heterocycles. The number of nitrogens with zero attached hydrogens (tertiary/aromatic N) is 2. The Morgan fingerprint density at radius 3 is 2.50 bits per heavy atom. The third kappa shape index (κ3) is 2.36. The first-order chi connectivity index (χ1) is 7.70. The lowest BCUT2D eigenvalue weighted by atomic mass is 10.1. The molecule has 1 unspecified atom stereocenters. The van der Waals surface area contributed by atoms with Crippen molar-refractivity contribution in [3.63, 3.8) is 0 Å². The SMILES string of the molecule is CC1CN(c2ccc(CO)cc2)CCN1C. The molecule has 1 saturated heterocycles. The normalized spacial score (nSPS) is 22.4. The van der Waals surface area contributed by atoms with Gasteiger partial charge in [-0.15, -0.1) is 0 Å². The fraction of sp³-hybridized carbons (Fsp3) is 0.538. The second-order valence-electron chi connectivity index (χ2n) is 4.60. The van der Waals surface area contributed by atoms with Crippen molar-refractivity contribution in [2.24, 2.45) is 0 Å². The van der Waals surface area contributed by atoms with Crippen molar-refractivity contribution in [2.75, 3.05) is 31.6 Å². The molecule has 0 spiro atoms. The van der Waals surface area contributed by atoms with E-state index in [1.165, 1.54) is 5.69 Å². The van der Waals surface area contributed by atoms with Gasteiger partial charge >= 0.3 is 0 Å². The molecule has 88 valence electrons. The van der Waals surface area contributed by atoms with Gasteiger partial charge in [0.25, 0.3) is 0 Å². The Morgan fingerprint density at radius 1 is 1.25 bits per heavy atom. The minimum Gasteiger partial charge on any atom is -0.392 e. The molecular weight excluding hydrogens is 200 g/mol. The largest absolute Gasteiger partial charge is 0.392 e. The van der Waals surface area contributed by atoms with Gasteiger partial charge in [-0.25, -0.2) is 0 Å². The van der Waals surface area contributed by atoms with Crippen LogP contribution in [0.15, 0.2) is 24.3 Å². The van der Waals surface area contributed by atoms with Crippen molar-refractivity contribution in [2.45, 2.75) is 19.6 Å². The predicted octanol–water partition coefficient (Wildman–Crippen LogP) is 1.32. The molecule has 2 rings (SSSR count). The van der Waals surface area contributed by atoms with E-state index in [4.69, 9.17) is 5.11 Å². The molecule has 3 heteroatoms. The van der Waals surface area contributed by atoms with Gasteiger partial charge in [-0.2, -0.15) is 0 Å². The smallest absolute Gasteiger partial charge is 0.0681 e. The van der Waals surface area contributed by atoms with Gasteiger partial charge in [0.15, 0.2) is 0 Å². The van der Waals surface area contributed by atoms with Gasteiger partial charge < -0.3 is 14.9 Å². The summed E-state index contributed by atoms with van der Waals surface area (Å²) in [6, 6.07) is 8.80. The van der Waals surface area contributed by atoms with E-state index < -0.39 is 0 Å². The first-order valence-electron chi connectivity index (χ1n) is 5.85. The summed E-state index contributed by atoms with van der Waals surface area (Å²) in [5.74, 6) is 0. The van der Waals surface area contributed by atoms with Crippen molar-refractivity contribution in [3.8, 4) is 0 Å². The van der Waals surface area contributed by atoms with Crippen LogP contribution in [-0.2, 0) is 6.61 Å². The lowest BCUT2D eigenvalue weighted by Gasteiger charge is -2.39. The number of aliphatic hydroxyl groups excluding tert-OH is 1. The average molecular weight is 220 g/mol. The first kappa shape index (κ1) is 11.4. The van der Waals surface area contributed by atoms with E-state index in [0.717, 1.165) is 25.2 Å². The van der Waals surface area contributed by atoms with Crippen molar-refractivity contribution < 1.29 is 5.11 Å². The average Bonchev–Trinajstić information content (AvgIpc) is 2.33. The Morgan fingerprint density at radius 2 is 1.94 bits per heavy atom. The lowest BCUT2D eigenvalue weighted by Crippen LogP contribution is -2.50. The van der Waals surface area contributed by atoms with Gasteiger partial charge in [0, 0.05) is 31.4 Å². The van der Waals surface area contributed by atoms with Crippen LogP contribution in [0.4, 0.5) is 5.69 Å². The summed E-state index contributed by atoms with van der Waals surface area (Å²) in [4.78, 5) is 4.80. The Labute approximate surface area is 97.3 Å². The summed E-state index contributed by atoms with van der Waals surface area (Å²) >= 11 is 0. The van der Waals surface area contributed by atoms with E-state index in [2.05, 4.69) is 35.9 Å². The summed E-state index contributed by atoms with van der Waals surface area (Å²) in [5.41, 5.74) is 2.24. The molecule has 1 N–H and O–H groups in total. The quantitative estimate of drug-likeness (QED) is 0.814. The number of likely N-dealkylation sites (N-methyl/N-ethyl adjacent to an activating group) is 1. The van der Waals surface area contributed by atoms with Crippen LogP contribution >= 0.6 is 0 Å². The van der Waals surface area contributed by atoms with Gasteiger partial charge in [-0.3, -0.25) is 0 Å². The van der Waals surface area contributed by atoms with E-state index in [9.17, 15) is 0 Å². The number of hydrogen-bond donors (Lipinski definition) is 1. The van der Waals surface area contributed by atoms with Gasteiger partial charge in [0.2, 0.25) is 0 Å². The lowest BCUT2D eigenvalue weighted by molar-refractivity contribution is 0.234. The monoisotopic (exact) mass is 220 g/mol. The molecule has 0 amide bonds. The van der Waals surface area contributed by atoms with Gasteiger partial charge in [0.1, 0.15) is 0 Å². The van der Waals surface area contributed by atoms with Gasteiger partial charge in [-0.1, -0.05) is 12.1 Å². The Balaban J connectivity index is 2.06. The fourth-order valence-corrected chi connectivity index (χ4v) is 2.10. The maximum absolute atomic E-state index is 9.00. The third-order valence-corrected chi connectivity index (χ3v) is 3.44. The van der Waals surface area contributed by atoms with Crippen molar-refractivity contribution >= 4 is 5.69 Å². The number of aliphatic hydroxyl groups is 1. The standard InChI is InChI=1S/C13H20N2O/c1-11-9-15(8-7-14(11)2)13-5-3-12(10-16)4-6-13/h3-6,11,16H,7-10H2,1-2H3. The zero-order valence-electron chi connectivity index (χ0n) is 10.1. The highest BCUT2D eigenvalue weighted by Crippen LogP contribution is 2.19. The van der Waals surface area contributed by atoms with E-state index in [0.29, 0.717) is 6.04 Å². The molecule has 0 bridgehead atoms. The zero-order valence-corrected chi connectivity index (χ0v) is 10.1. The number of anilines is 1. The van der Waals surface area contributed by atoms with Gasteiger partial charge in [0.05, 0.1) is 6.61 Å².